The Morgan fingerprint density at radius 1 is 1.07 bits per heavy atom. The lowest BCUT2D eigenvalue weighted by molar-refractivity contribution is -0.386. The SMILES string of the molecule is COc1ccc([N+](=O)[O-])c2c1N[C@H](c1ccccc1[N+](=O)[O-])[C@@H]1CC=C[C@@H]21. The van der Waals surface area contributed by atoms with Gasteiger partial charge in [-0.3, -0.25) is 20.2 Å². The number of nitro groups is 2. The van der Waals surface area contributed by atoms with E-state index in [0.29, 0.717) is 29.0 Å². The quantitative estimate of drug-likeness (QED) is 0.489. The number of nitrogens with zero attached hydrogens (tertiary/aromatic N) is 2. The molecule has 3 atom stereocenters. The van der Waals surface area contributed by atoms with Crippen molar-refractivity contribution < 1.29 is 14.6 Å². The van der Waals surface area contributed by atoms with E-state index >= 15 is 0 Å². The highest BCUT2D eigenvalue weighted by atomic mass is 16.6. The molecule has 0 saturated heterocycles. The smallest absolute Gasteiger partial charge is 0.275 e. The molecule has 8 nitrogen and oxygen atoms in total. The maximum Gasteiger partial charge on any atom is 0.275 e. The zero-order chi connectivity index (χ0) is 19.1. The molecule has 0 radical (unpaired) electrons. The Hall–Kier alpha value is -3.42. The number of benzene rings is 2. The van der Waals surface area contributed by atoms with Crippen LogP contribution in [0.15, 0.2) is 48.6 Å². The molecule has 4 rings (SSSR count). The lowest BCUT2D eigenvalue weighted by Crippen LogP contribution is -2.30. The van der Waals surface area contributed by atoms with Crippen LogP contribution in [-0.4, -0.2) is 17.0 Å². The van der Waals surface area contributed by atoms with Crippen LogP contribution in [0.4, 0.5) is 17.1 Å². The highest BCUT2D eigenvalue weighted by Crippen LogP contribution is 2.55. The third-order valence-corrected chi connectivity index (χ3v) is 5.34. The van der Waals surface area contributed by atoms with E-state index in [9.17, 15) is 20.2 Å². The maximum absolute atomic E-state index is 11.6. The molecule has 2 aliphatic rings. The molecule has 138 valence electrons. The second-order valence-corrected chi connectivity index (χ2v) is 6.62. The Labute approximate surface area is 154 Å². The largest absolute Gasteiger partial charge is 0.495 e. The Balaban J connectivity index is 1.92. The summed E-state index contributed by atoms with van der Waals surface area (Å²) in [5.41, 5.74) is 1.74. The number of ether oxygens (including phenoxy) is 1. The van der Waals surface area contributed by atoms with Gasteiger partial charge >= 0.3 is 0 Å². The molecule has 0 bridgehead atoms. The van der Waals surface area contributed by atoms with Crippen molar-refractivity contribution >= 4 is 17.1 Å². The molecule has 1 N–H and O–H groups in total. The number of nitrogens with one attached hydrogen (secondary N) is 1. The molecule has 1 aliphatic heterocycles. The van der Waals surface area contributed by atoms with E-state index in [1.165, 1.54) is 19.2 Å². The van der Waals surface area contributed by atoms with E-state index < -0.39 is 9.85 Å². The third-order valence-electron chi connectivity index (χ3n) is 5.34. The van der Waals surface area contributed by atoms with Crippen molar-refractivity contribution in [1.29, 1.82) is 0 Å². The van der Waals surface area contributed by atoms with Crippen LogP contribution in [0.25, 0.3) is 0 Å². The van der Waals surface area contributed by atoms with E-state index in [1.54, 1.807) is 24.3 Å². The topological polar surface area (TPSA) is 108 Å². The summed E-state index contributed by atoms with van der Waals surface area (Å²) in [6, 6.07) is 9.27. The van der Waals surface area contributed by atoms with Gasteiger partial charge in [0.2, 0.25) is 0 Å². The van der Waals surface area contributed by atoms with Gasteiger partial charge in [0.1, 0.15) is 5.75 Å². The van der Waals surface area contributed by atoms with E-state index in [4.69, 9.17) is 4.74 Å². The first-order chi connectivity index (χ1) is 13.0. The van der Waals surface area contributed by atoms with Crippen LogP contribution in [0, 0.1) is 26.1 Å². The highest BCUT2D eigenvalue weighted by molar-refractivity contribution is 5.74. The van der Waals surface area contributed by atoms with Gasteiger partial charge in [0.25, 0.3) is 11.4 Å². The minimum Gasteiger partial charge on any atom is -0.495 e. The average molecular weight is 367 g/mol. The summed E-state index contributed by atoms with van der Waals surface area (Å²) in [6.07, 6.45) is 4.62. The van der Waals surface area contributed by atoms with Crippen molar-refractivity contribution in [3.63, 3.8) is 0 Å². The standard InChI is InChI=1S/C19H17N3O5/c1-27-16-10-9-15(22(25)26)17-11-6-4-7-12(11)18(20-19(16)17)13-5-2-3-8-14(13)21(23)24/h2-6,8-12,18,20H,7H2,1H3/t11-,12-,18+/m1/s1. The van der Waals surface area contributed by atoms with Gasteiger partial charge in [-0.05, 0) is 18.4 Å². The monoisotopic (exact) mass is 367 g/mol. The Kier molecular flexibility index (Phi) is 4.02. The Morgan fingerprint density at radius 3 is 2.52 bits per heavy atom. The van der Waals surface area contributed by atoms with Crippen molar-refractivity contribution in [2.75, 3.05) is 12.4 Å². The second-order valence-electron chi connectivity index (χ2n) is 6.62. The first-order valence-corrected chi connectivity index (χ1v) is 8.54. The van der Waals surface area contributed by atoms with Crippen LogP contribution in [-0.2, 0) is 0 Å². The summed E-state index contributed by atoms with van der Waals surface area (Å²) in [6.45, 7) is 0. The molecule has 0 saturated carbocycles. The van der Waals surface area contributed by atoms with Crippen molar-refractivity contribution in [2.24, 2.45) is 5.92 Å². The molecule has 1 aliphatic carbocycles. The highest BCUT2D eigenvalue weighted by Gasteiger charge is 2.44. The van der Waals surface area contributed by atoms with Crippen LogP contribution in [0.2, 0.25) is 0 Å². The number of allylic oxidation sites excluding steroid dienone is 2. The number of hydrogen-bond donors (Lipinski definition) is 1. The molecule has 8 heteroatoms. The van der Waals surface area contributed by atoms with Gasteiger partial charge in [-0.1, -0.05) is 30.4 Å². The van der Waals surface area contributed by atoms with Crippen LogP contribution in [0.5, 0.6) is 5.75 Å². The number of para-hydroxylation sites is 1. The van der Waals surface area contributed by atoms with Crippen molar-refractivity contribution in [3.05, 3.63) is 79.9 Å². The molecule has 27 heavy (non-hydrogen) atoms. The van der Waals surface area contributed by atoms with E-state index in [-0.39, 0.29) is 29.3 Å². The lowest BCUT2D eigenvalue weighted by atomic mass is 9.76. The van der Waals surface area contributed by atoms with Gasteiger partial charge in [-0.25, -0.2) is 0 Å². The van der Waals surface area contributed by atoms with Crippen LogP contribution < -0.4 is 10.1 Å². The molecular formula is C19H17N3O5. The van der Waals surface area contributed by atoms with Crippen molar-refractivity contribution in [2.45, 2.75) is 18.4 Å². The summed E-state index contributed by atoms with van der Waals surface area (Å²) in [4.78, 5) is 22.3. The van der Waals surface area contributed by atoms with Crippen molar-refractivity contribution in [1.82, 2.24) is 0 Å². The maximum atomic E-state index is 11.6. The van der Waals surface area contributed by atoms with Gasteiger partial charge < -0.3 is 10.1 Å². The van der Waals surface area contributed by atoms with Gasteiger partial charge in [-0.15, -0.1) is 0 Å². The second kappa shape index (κ2) is 6.39. The van der Waals surface area contributed by atoms with Crippen LogP contribution in [0.1, 0.15) is 29.5 Å². The van der Waals surface area contributed by atoms with E-state index in [1.807, 2.05) is 12.2 Å². The van der Waals surface area contributed by atoms with Crippen LogP contribution in [0.3, 0.4) is 0 Å². The molecule has 0 aromatic heterocycles. The molecule has 0 unspecified atom stereocenters. The minimum atomic E-state index is -0.394. The Bertz CT molecular complexity index is 972. The van der Waals surface area contributed by atoms with Gasteiger partial charge in [0.05, 0.1) is 39.8 Å². The molecule has 2 aromatic rings. The third kappa shape index (κ3) is 2.61. The number of rotatable bonds is 4. The molecular weight excluding hydrogens is 350 g/mol. The summed E-state index contributed by atoms with van der Waals surface area (Å²) >= 11 is 0. The van der Waals surface area contributed by atoms with Gasteiger partial charge in [0.15, 0.2) is 0 Å². The summed E-state index contributed by atoms with van der Waals surface area (Å²) in [5, 5.41) is 26.4. The summed E-state index contributed by atoms with van der Waals surface area (Å²) < 4.78 is 5.41. The number of methoxy groups -OCH3 is 1. The predicted octanol–water partition coefficient (Wildman–Crippen LogP) is 4.34. The normalized spacial score (nSPS) is 22.5. The lowest BCUT2D eigenvalue weighted by Gasteiger charge is -2.37. The molecule has 0 fully saturated rings. The summed E-state index contributed by atoms with van der Waals surface area (Å²) in [7, 11) is 1.50. The number of nitro benzene ring substituents is 2. The Morgan fingerprint density at radius 2 is 1.81 bits per heavy atom. The van der Waals surface area contributed by atoms with E-state index in [2.05, 4.69) is 5.32 Å². The predicted molar refractivity (Wildman–Crippen MR) is 99.1 cm³/mol. The zero-order valence-electron chi connectivity index (χ0n) is 14.5. The molecule has 0 spiro atoms. The first kappa shape index (κ1) is 17.0. The fourth-order valence-electron chi connectivity index (χ4n) is 4.22. The zero-order valence-corrected chi connectivity index (χ0v) is 14.5. The minimum absolute atomic E-state index is 0.0286. The number of fused-ring (bicyclic) bond motifs is 3. The van der Waals surface area contributed by atoms with Gasteiger partial charge in [-0.2, -0.15) is 0 Å². The molecule has 1 heterocycles. The molecule has 2 aromatic carbocycles. The number of anilines is 1. The fourth-order valence-corrected chi connectivity index (χ4v) is 4.22. The first-order valence-electron chi connectivity index (χ1n) is 8.54. The van der Waals surface area contributed by atoms with Crippen LogP contribution >= 0.6 is 0 Å². The number of hydrogen-bond acceptors (Lipinski definition) is 6. The van der Waals surface area contributed by atoms with Crippen molar-refractivity contribution in [3.8, 4) is 5.75 Å². The average Bonchev–Trinajstić information content (AvgIpc) is 3.16. The van der Waals surface area contributed by atoms with E-state index in [0.717, 1.165) is 0 Å². The summed E-state index contributed by atoms with van der Waals surface area (Å²) in [5.74, 6) is 0.226. The fraction of sp³-hybridized carbons (Fsp3) is 0.263. The molecule has 0 amide bonds. The van der Waals surface area contributed by atoms with Gasteiger partial charge in [0, 0.05) is 18.1 Å².